The van der Waals surface area contributed by atoms with E-state index >= 15 is 0 Å². The number of nitrogens with two attached hydrogens (primary N) is 2. The third-order valence-corrected chi connectivity index (χ3v) is 2.03. The first-order valence-electron chi connectivity index (χ1n) is 4.05. The monoisotopic (exact) mass is 180 g/mol. The Morgan fingerprint density at radius 3 is 1.77 bits per heavy atom. The first-order chi connectivity index (χ1) is 5.99. The minimum absolute atomic E-state index is 0.644. The van der Waals surface area contributed by atoms with Crippen LogP contribution in [0.4, 0.5) is 0 Å². The van der Waals surface area contributed by atoms with E-state index in [1.807, 2.05) is 26.0 Å². The quantitative estimate of drug-likeness (QED) is 0.574. The SMILES string of the molecule is Cc1ccc(C)c2c1OC(N)(N)O2. The highest BCUT2D eigenvalue weighted by Crippen LogP contribution is 2.40. The van der Waals surface area contributed by atoms with Gasteiger partial charge in [0.25, 0.3) is 0 Å². The van der Waals surface area contributed by atoms with Gasteiger partial charge in [0.2, 0.25) is 0 Å². The Labute approximate surface area is 76.4 Å². The summed E-state index contributed by atoms with van der Waals surface area (Å²) in [5, 5.41) is 0. The van der Waals surface area contributed by atoms with Crippen molar-refractivity contribution in [1.29, 1.82) is 0 Å². The summed E-state index contributed by atoms with van der Waals surface area (Å²) in [5.41, 5.74) is 12.9. The van der Waals surface area contributed by atoms with Crippen LogP contribution in [0.1, 0.15) is 11.1 Å². The van der Waals surface area contributed by atoms with Crippen molar-refractivity contribution >= 4 is 0 Å². The predicted octanol–water partition coefficient (Wildman–Crippen LogP) is 0.603. The zero-order chi connectivity index (χ0) is 9.64. The van der Waals surface area contributed by atoms with Crippen molar-refractivity contribution < 1.29 is 9.47 Å². The van der Waals surface area contributed by atoms with Crippen LogP contribution in [-0.2, 0) is 0 Å². The first-order valence-corrected chi connectivity index (χ1v) is 4.05. The topological polar surface area (TPSA) is 70.5 Å². The van der Waals surface area contributed by atoms with Gasteiger partial charge in [-0.05, 0) is 25.0 Å². The molecular formula is C9H12N2O2. The van der Waals surface area contributed by atoms with E-state index in [1.165, 1.54) is 0 Å². The number of rotatable bonds is 0. The lowest BCUT2D eigenvalue weighted by molar-refractivity contribution is -0.0676. The zero-order valence-corrected chi connectivity index (χ0v) is 7.63. The molecule has 1 aliphatic heterocycles. The van der Waals surface area contributed by atoms with Crippen LogP contribution in [0.3, 0.4) is 0 Å². The average molecular weight is 180 g/mol. The van der Waals surface area contributed by atoms with Gasteiger partial charge in [0.05, 0.1) is 0 Å². The number of benzene rings is 1. The molecule has 1 aliphatic rings. The van der Waals surface area contributed by atoms with E-state index in [2.05, 4.69) is 0 Å². The van der Waals surface area contributed by atoms with Crippen molar-refractivity contribution in [2.24, 2.45) is 11.5 Å². The second-order valence-corrected chi connectivity index (χ2v) is 3.28. The summed E-state index contributed by atoms with van der Waals surface area (Å²) in [6.45, 7) is 3.84. The standard InChI is InChI=1S/C9H12N2O2/c1-5-3-4-6(2)8-7(5)12-9(10,11)13-8/h3-4H,10-11H2,1-2H3. The smallest absolute Gasteiger partial charge is 0.376 e. The average Bonchev–Trinajstić information content (AvgIpc) is 2.35. The Balaban J connectivity index is 2.56. The third-order valence-electron chi connectivity index (χ3n) is 2.03. The van der Waals surface area contributed by atoms with E-state index in [1.54, 1.807) is 0 Å². The van der Waals surface area contributed by atoms with E-state index in [-0.39, 0.29) is 0 Å². The zero-order valence-electron chi connectivity index (χ0n) is 7.63. The van der Waals surface area contributed by atoms with Crippen LogP contribution >= 0.6 is 0 Å². The minimum Gasteiger partial charge on any atom is -0.423 e. The van der Waals surface area contributed by atoms with Gasteiger partial charge in [-0.15, -0.1) is 0 Å². The van der Waals surface area contributed by atoms with Gasteiger partial charge in [-0.2, -0.15) is 0 Å². The number of ether oxygens (including phenoxy) is 2. The summed E-state index contributed by atoms with van der Waals surface area (Å²) < 4.78 is 10.5. The van der Waals surface area contributed by atoms with Crippen LogP contribution < -0.4 is 20.9 Å². The summed E-state index contributed by atoms with van der Waals surface area (Å²) in [6.07, 6.45) is 0. The molecule has 1 aromatic carbocycles. The largest absolute Gasteiger partial charge is 0.423 e. The molecular weight excluding hydrogens is 168 g/mol. The summed E-state index contributed by atoms with van der Waals surface area (Å²) in [4.78, 5) is 0. The van der Waals surface area contributed by atoms with Gasteiger partial charge in [-0.3, -0.25) is 0 Å². The number of hydrogen-bond donors (Lipinski definition) is 2. The van der Waals surface area contributed by atoms with Crippen LogP contribution in [0.5, 0.6) is 11.5 Å². The molecule has 0 fully saturated rings. The number of aryl methyl sites for hydroxylation is 2. The van der Waals surface area contributed by atoms with Crippen LogP contribution in [-0.4, -0.2) is 6.03 Å². The molecule has 1 heterocycles. The molecule has 0 saturated heterocycles. The van der Waals surface area contributed by atoms with Crippen LogP contribution in [0, 0.1) is 13.8 Å². The molecule has 0 aromatic heterocycles. The Kier molecular flexibility index (Phi) is 1.52. The summed E-state index contributed by atoms with van der Waals surface area (Å²) in [7, 11) is 0. The highest BCUT2D eigenvalue weighted by Gasteiger charge is 2.35. The second-order valence-electron chi connectivity index (χ2n) is 3.28. The fourth-order valence-electron chi connectivity index (χ4n) is 1.35. The molecule has 0 amide bonds. The molecule has 0 unspecified atom stereocenters. The van der Waals surface area contributed by atoms with Crippen LogP contribution in [0.2, 0.25) is 0 Å². The van der Waals surface area contributed by atoms with Crippen LogP contribution in [0.25, 0.3) is 0 Å². The highest BCUT2D eigenvalue weighted by molar-refractivity contribution is 5.53. The normalized spacial score (nSPS) is 17.5. The Bertz CT molecular complexity index is 328. The Morgan fingerprint density at radius 2 is 1.38 bits per heavy atom. The molecule has 0 saturated carbocycles. The fraction of sp³-hybridized carbons (Fsp3) is 0.333. The Hall–Kier alpha value is -1.26. The molecule has 4 heteroatoms. The maximum atomic E-state index is 5.50. The van der Waals surface area contributed by atoms with Crippen LogP contribution in [0.15, 0.2) is 12.1 Å². The molecule has 0 spiro atoms. The lowest BCUT2D eigenvalue weighted by Gasteiger charge is -2.15. The van der Waals surface area contributed by atoms with Crippen molar-refractivity contribution in [2.45, 2.75) is 19.9 Å². The van der Waals surface area contributed by atoms with Gasteiger partial charge in [0.1, 0.15) is 0 Å². The molecule has 4 N–H and O–H groups in total. The second kappa shape index (κ2) is 2.37. The summed E-state index contributed by atoms with van der Waals surface area (Å²) >= 11 is 0. The molecule has 2 rings (SSSR count). The van der Waals surface area contributed by atoms with Gasteiger partial charge in [-0.1, -0.05) is 12.1 Å². The maximum Gasteiger partial charge on any atom is 0.376 e. The molecule has 4 nitrogen and oxygen atoms in total. The van der Waals surface area contributed by atoms with Gasteiger partial charge < -0.3 is 9.47 Å². The molecule has 0 bridgehead atoms. The third kappa shape index (κ3) is 1.24. The van der Waals surface area contributed by atoms with Crippen molar-refractivity contribution in [3.8, 4) is 11.5 Å². The van der Waals surface area contributed by atoms with E-state index < -0.39 is 6.03 Å². The number of hydrogen-bond acceptors (Lipinski definition) is 4. The van der Waals surface area contributed by atoms with Gasteiger partial charge in [0, 0.05) is 0 Å². The van der Waals surface area contributed by atoms with Crippen molar-refractivity contribution in [2.75, 3.05) is 0 Å². The summed E-state index contributed by atoms with van der Waals surface area (Å²) in [5.74, 6) is 1.29. The van der Waals surface area contributed by atoms with Crippen molar-refractivity contribution in [1.82, 2.24) is 0 Å². The highest BCUT2D eigenvalue weighted by atomic mass is 16.8. The van der Waals surface area contributed by atoms with Gasteiger partial charge >= 0.3 is 6.03 Å². The Morgan fingerprint density at radius 1 is 1.00 bits per heavy atom. The van der Waals surface area contributed by atoms with Crippen molar-refractivity contribution in [3.05, 3.63) is 23.3 Å². The van der Waals surface area contributed by atoms with E-state index in [4.69, 9.17) is 20.9 Å². The lowest BCUT2D eigenvalue weighted by Crippen LogP contribution is -2.57. The fourth-order valence-corrected chi connectivity index (χ4v) is 1.35. The minimum atomic E-state index is -1.51. The van der Waals surface area contributed by atoms with Gasteiger partial charge in [-0.25, -0.2) is 11.5 Å². The molecule has 13 heavy (non-hydrogen) atoms. The van der Waals surface area contributed by atoms with Gasteiger partial charge in [0.15, 0.2) is 11.5 Å². The molecule has 0 atom stereocenters. The predicted molar refractivity (Wildman–Crippen MR) is 48.3 cm³/mol. The number of fused-ring (bicyclic) bond motifs is 1. The van der Waals surface area contributed by atoms with E-state index in [0.717, 1.165) is 11.1 Å². The first kappa shape index (κ1) is 8.34. The molecule has 1 aromatic rings. The van der Waals surface area contributed by atoms with Crippen molar-refractivity contribution in [3.63, 3.8) is 0 Å². The molecule has 70 valence electrons. The van der Waals surface area contributed by atoms with E-state index in [9.17, 15) is 0 Å². The maximum absolute atomic E-state index is 5.50. The van der Waals surface area contributed by atoms with E-state index in [0.29, 0.717) is 11.5 Å². The lowest BCUT2D eigenvalue weighted by atomic mass is 10.1. The molecule has 0 radical (unpaired) electrons. The molecule has 0 aliphatic carbocycles. The summed E-state index contributed by atoms with van der Waals surface area (Å²) in [6, 6.07) is 2.37.